The summed E-state index contributed by atoms with van der Waals surface area (Å²) in [6.45, 7) is 1.74. The molecule has 7 nitrogen and oxygen atoms in total. The normalized spacial score (nSPS) is 10.5. The van der Waals surface area contributed by atoms with E-state index in [2.05, 4.69) is 25.5 Å². The number of nitrogens with one attached hydrogen (secondary N) is 2. The van der Waals surface area contributed by atoms with Crippen LogP contribution in [0.15, 0.2) is 30.6 Å². The number of anilines is 3. The Labute approximate surface area is 136 Å². The predicted molar refractivity (Wildman–Crippen MR) is 91.9 cm³/mol. The molecule has 0 amide bonds. The topological polar surface area (TPSA) is 71.5 Å². The molecule has 124 valence electrons. The standard InChI is InChI=1S/C16H23N5O2/c1-21(2)8-7-17-15-10-16(19-11-18-15)20-13-9-12(22-3)5-6-14(13)23-4/h5-6,9-11H,7-8H2,1-4H3,(H2,17,18,19,20). The van der Waals surface area contributed by atoms with Gasteiger partial charge in [0.1, 0.15) is 29.5 Å². The maximum atomic E-state index is 5.36. The largest absolute Gasteiger partial charge is 0.497 e. The second-order valence-electron chi connectivity index (χ2n) is 5.21. The summed E-state index contributed by atoms with van der Waals surface area (Å²) >= 11 is 0. The zero-order chi connectivity index (χ0) is 16.7. The quantitative estimate of drug-likeness (QED) is 0.773. The number of benzene rings is 1. The Morgan fingerprint density at radius 2 is 1.83 bits per heavy atom. The summed E-state index contributed by atoms with van der Waals surface area (Å²) in [4.78, 5) is 10.6. The molecule has 2 N–H and O–H groups in total. The molecule has 23 heavy (non-hydrogen) atoms. The average Bonchev–Trinajstić information content (AvgIpc) is 2.55. The smallest absolute Gasteiger partial charge is 0.142 e. The number of hydrogen-bond acceptors (Lipinski definition) is 7. The third-order valence-electron chi connectivity index (χ3n) is 3.20. The highest BCUT2D eigenvalue weighted by molar-refractivity contribution is 5.67. The molecule has 0 radical (unpaired) electrons. The van der Waals surface area contributed by atoms with Gasteiger partial charge < -0.3 is 25.0 Å². The lowest BCUT2D eigenvalue weighted by Gasteiger charge is -2.13. The summed E-state index contributed by atoms with van der Waals surface area (Å²) in [6.07, 6.45) is 1.52. The third kappa shape index (κ3) is 5.00. The molecule has 0 saturated carbocycles. The monoisotopic (exact) mass is 317 g/mol. The van der Waals surface area contributed by atoms with Crippen molar-refractivity contribution in [2.75, 3.05) is 52.0 Å². The van der Waals surface area contributed by atoms with Crippen molar-refractivity contribution in [1.29, 1.82) is 0 Å². The fourth-order valence-corrected chi connectivity index (χ4v) is 1.98. The first-order valence-corrected chi connectivity index (χ1v) is 7.32. The molecule has 0 aliphatic carbocycles. The van der Waals surface area contributed by atoms with Crippen LogP contribution in [0.5, 0.6) is 11.5 Å². The SMILES string of the molecule is COc1ccc(OC)c(Nc2cc(NCCN(C)C)ncn2)c1. The van der Waals surface area contributed by atoms with E-state index in [4.69, 9.17) is 9.47 Å². The maximum Gasteiger partial charge on any atom is 0.142 e. The molecule has 0 aliphatic heterocycles. The molecule has 0 bridgehead atoms. The van der Waals surface area contributed by atoms with Crippen LogP contribution < -0.4 is 20.1 Å². The molecule has 2 aromatic rings. The van der Waals surface area contributed by atoms with Gasteiger partial charge in [0.05, 0.1) is 19.9 Å². The van der Waals surface area contributed by atoms with Crippen molar-refractivity contribution < 1.29 is 9.47 Å². The van der Waals surface area contributed by atoms with Crippen LogP contribution in [0.2, 0.25) is 0 Å². The fourth-order valence-electron chi connectivity index (χ4n) is 1.98. The van der Waals surface area contributed by atoms with Gasteiger partial charge in [-0.2, -0.15) is 0 Å². The van der Waals surface area contributed by atoms with E-state index < -0.39 is 0 Å². The zero-order valence-electron chi connectivity index (χ0n) is 14.0. The van der Waals surface area contributed by atoms with Crippen LogP contribution in [0, 0.1) is 0 Å². The number of ether oxygens (including phenoxy) is 2. The van der Waals surface area contributed by atoms with Gasteiger partial charge in [-0.05, 0) is 26.2 Å². The van der Waals surface area contributed by atoms with E-state index >= 15 is 0 Å². The van der Waals surface area contributed by atoms with Crippen molar-refractivity contribution in [1.82, 2.24) is 14.9 Å². The molecule has 7 heteroatoms. The summed E-state index contributed by atoms with van der Waals surface area (Å²) < 4.78 is 10.6. The van der Waals surface area contributed by atoms with Crippen molar-refractivity contribution in [3.8, 4) is 11.5 Å². The van der Waals surface area contributed by atoms with E-state index in [1.165, 1.54) is 6.33 Å². The lowest BCUT2D eigenvalue weighted by molar-refractivity contribution is 0.405. The minimum absolute atomic E-state index is 0.680. The van der Waals surface area contributed by atoms with Gasteiger partial charge in [-0.25, -0.2) is 9.97 Å². The van der Waals surface area contributed by atoms with Gasteiger partial charge in [0.25, 0.3) is 0 Å². The molecular formula is C16H23N5O2. The number of rotatable bonds is 8. The first-order valence-electron chi connectivity index (χ1n) is 7.32. The van der Waals surface area contributed by atoms with E-state index in [0.29, 0.717) is 11.6 Å². The summed E-state index contributed by atoms with van der Waals surface area (Å²) in [5.41, 5.74) is 0.782. The van der Waals surface area contributed by atoms with Gasteiger partial charge in [-0.3, -0.25) is 0 Å². The molecule has 1 aromatic carbocycles. The van der Waals surface area contributed by atoms with Crippen molar-refractivity contribution in [3.05, 3.63) is 30.6 Å². The highest BCUT2D eigenvalue weighted by Gasteiger charge is 2.07. The van der Waals surface area contributed by atoms with E-state index in [1.807, 2.05) is 38.4 Å². The Kier molecular flexibility index (Phi) is 5.99. The molecule has 1 aromatic heterocycles. The lowest BCUT2D eigenvalue weighted by Crippen LogP contribution is -2.21. The molecular weight excluding hydrogens is 294 g/mol. The average molecular weight is 317 g/mol. The van der Waals surface area contributed by atoms with Crippen molar-refractivity contribution >= 4 is 17.3 Å². The molecule has 2 rings (SSSR count). The van der Waals surface area contributed by atoms with Crippen LogP contribution >= 0.6 is 0 Å². The number of aromatic nitrogens is 2. The third-order valence-corrected chi connectivity index (χ3v) is 3.20. The van der Waals surface area contributed by atoms with Gasteiger partial charge >= 0.3 is 0 Å². The summed E-state index contributed by atoms with van der Waals surface area (Å²) in [7, 11) is 7.32. The number of likely N-dealkylation sites (N-methyl/N-ethyl adjacent to an activating group) is 1. The van der Waals surface area contributed by atoms with Gasteiger partial charge in [-0.1, -0.05) is 0 Å². The Balaban J connectivity index is 2.11. The zero-order valence-corrected chi connectivity index (χ0v) is 14.0. The predicted octanol–water partition coefficient (Wildman–Crippen LogP) is 2.21. The minimum atomic E-state index is 0.680. The van der Waals surface area contributed by atoms with Gasteiger partial charge in [0, 0.05) is 25.2 Å². The van der Waals surface area contributed by atoms with E-state index in [-0.39, 0.29) is 0 Å². The second kappa shape index (κ2) is 8.19. The summed E-state index contributed by atoms with van der Waals surface area (Å²) in [6, 6.07) is 7.41. The molecule has 0 spiro atoms. The van der Waals surface area contributed by atoms with Crippen LogP contribution in [0.3, 0.4) is 0 Å². The first kappa shape index (κ1) is 16.8. The fraction of sp³-hybridized carbons (Fsp3) is 0.375. The van der Waals surface area contributed by atoms with Crippen LogP contribution in [-0.2, 0) is 0 Å². The van der Waals surface area contributed by atoms with Gasteiger partial charge in [0.15, 0.2) is 0 Å². The maximum absolute atomic E-state index is 5.36. The first-order chi connectivity index (χ1) is 11.1. The van der Waals surface area contributed by atoms with Gasteiger partial charge in [0.2, 0.25) is 0 Å². The summed E-state index contributed by atoms with van der Waals surface area (Å²) in [5.74, 6) is 2.91. The lowest BCUT2D eigenvalue weighted by atomic mass is 10.2. The van der Waals surface area contributed by atoms with Crippen molar-refractivity contribution in [3.63, 3.8) is 0 Å². The van der Waals surface area contributed by atoms with Crippen LogP contribution in [-0.4, -0.2) is 56.3 Å². The highest BCUT2D eigenvalue weighted by Crippen LogP contribution is 2.31. The van der Waals surface area contributed by atoms with Crippen LogP contribution in [0.25, 0.3) is 0 Å². The van der Waals surface area contributed by atoms with Crippen LogP contribution in [0.1, 0.15) is 0 Å². The second-order valence-corrected chi connectivity index (χ2v) is 5.21. The number of methoxy groups -OCH3 is 2. The van der Waals surface area contributed by atoms with E-state index in [1.54, 1.807) is 14.2 Å². The van der Waals surface area contributed by atoms with Crippen molar-refractivity contribution in [2.24, 2.45) is 0 Å². The molecule has 0 atom stereocenters. The summed E-state index contributed by atoms with van der Waals surface area (Å²) in [5, 5.41) is 6.50. The Bertz CT molecular complexity index is 634. The number of hydrogen-bond donors (Lipinski definition) is 2. The Hall–Kier alpha value is -2.54. The molecule has 0 saturated heterocycles. The Morgan fingerprint density at radius 1 is 1.04 bits per heavy atom. The molecule has 1 heterocycles. The van der Waals surface area contributed by atoms with Crippen LogP contribution in [0.4, 0.5) is 17.3 Å². The number of nitrogens with zero attached hydrogens (tertiary/aromatic N) is 3. The van der Waals surface area contributed by atoms with Gasteiger partial charge in [-0.15, -0.1) is 0 Å². The highest BCUT2D eigenvalue weighted by atomic mass is 16.5. The van der Waals surface area contributed by atoms with Crippen molar-refractivity contribution in [2.45, 2.75) is 0 Å². The molecule has 0 aliphatic rings. The molecule has 0 fully saturated rings. The Morgan fingerprint density at radius 3 is 2.52 bits per heavy atom. The van der Waals surface area contributed by atoms with E-state index in [0.717, 1.165) is 30.3 Å². The minimum Gasteiger partial charge on any atom is -0.497 e. The van der Waals surface area contributed by atoms with E-state index in [9.17, 15) is 0 Å². The molecule has 0 unspecified atom stereocenters.